The van der Waals surface area contributed by atoms with Crippen LogP contribution in [0.2, 0.25) is 0 Å². The summed E-state index contributed by atoms with van der Waals surface area (Å²) in [6, 6.07) is 5.27. The lowest BCUT2D eigenvalue weighted by atomic mass is 10.2. The van der Waals surface area contributed by atoms with Gasteiger partial charge in [-0.1, -0.05) is 11.8 Å². The zero-order chi connectivity index (χ0) is 15.9. The van der Waals surface area contributed by atoms with Crippen molar-refractivity contribution in [1.82, 2.24) is 10.2 Å². The summed E-state index contributed by atoms with van der Waals surface area (Å²) in [5.74, 6) is 1.36. The summed E-state index contributed by atoms with van der Waals surface area (Å²) in [5, 5.41) is 8.15. The van der Waals surface area contributed by atoms with Crippen LogP contribution in [0.5, 0.6) is 11.5 Å². The molecule has 22 heavy (non-hydrogen) atoms. The van der Waals surface area contributed by atoms with E-state index in [9.17, 15) is 4.79 Å². The van der Waals surface area contributed by atoms with Gasteiger partial charge < -0.3 is 18.6 Å². The number of esters is 1. The molecule has 0 N–H and O–H groups in total. The Bertz CT molecular complexity index is 622. The number of ether oxygens (including phenoxy) is 3. The molecule has 0 bridgehead atoms. The highest BCUT2D eigenvalue weighted by Crippen LogP contribution is 2.30. The van der Waals surface area contributed by atoms with Crippen molar-refractivity contribution >= 4 is 17.7 Å². The van der Waals surface area contributed by atoms with Crippen LogP contribution in [0.15, 0.2) is 27.8 Å². The first-order chi connectivity index (χ1) is 10.7. The summed E-state index contributed by atoms with van der Waals surface area (Å²) in [4.78, 5) is 11.3. The lowest BCUT2D eigenvalue weighted by Gasteiger charge is -2.05. The van der Waals surface area contributed by atoms with Crippen molar-refractivity contribution < 1.29 is 23.4 Å². The molecule has 0 fully saturated rings. The van der Waals surface area contributed by atoms with Crippen molar-refractivity contribution in [1.29, 1.82) is 0 Å². The molecule has 0 spiro atoms. The maximum atomic E-state index is 11.3. The topological polar surface area (TPSA) is 83.7 Å². The van der Waals surface area contributed by atoms with E-state index in [1.807, 2.05) is 0 Å². The minimum Gasteiger partial charge on any atom is -0.497 e. The fraction of sp³-hybridized carbons (Fsp3) is 0.357. The Morgan fingerprint density at radius 2 is 1.86 bits per heavy atom. The number of benzene rings is 1. The number of hydrogen-bond donors (Lipinski definition) is 0. The largest absolute Gasteiger partial charge is 0.497 e. The third kappa shape index (κ3) is 4.14. The molecule has 2 rings (SSSR count). The maximum absolute atomic E-state index is 11.3. The molecule has 7 nitrogen and oxygen atoms in total. The highest BCUT2D eigenvalue weighted by Gasteiger charge is 2.13. The molecule has 0 amide bonds. The number of carbonyl (C=O) groups excluding carboxylic acids is 1. The smallest absolute Gasteiger partial charge is 0.316 e. The molecule has 0 aliphatic rings. The molecule has 0 saturated carbocycles. The van der Waals surface area contributed by atoms with Gasteiger partial charge in [-0.3, -0.25) is 4.79 Å². The Kier molecular flexibility index (Phi) is 5.65. The Labute approximate surface area is 132 Å². The van der Waals surface area contributed by atoms with E-state index in [1.54, 1.807) is 39.3 Å². The Balaban J connectivity index is 2.12. The number of hydrogen-bond acceptors (Lipinski definition) is 8. The van der Waals surface area contributed by atoms with Crippen molar-refractivity contribution in [2.45, 2.75) is 12.1 Å². The molecular weight excluding hydrogens is 308 g/mol. The molecule has 8 heteroatoms. The van der Waals surface area contributed by atoms with E-state index in [4.69, 9.17) is 18.6 Å². The van der Waals surface area contributed by atoms with Crippen LogP contribution in [-0.2, 0) is 9.53 Å². The van der Waals surface area contributed by atoms with Gasteiger partial charge in [0.2, 0.25) is 5.89 Å². The number of thioether (sulfide) groups is 1. The lowest BCUT2D eigenvalue weighted by molar-refractivity contribution is -0.139. The van der Waals surface area contributed by atoms with E-state index < -0.39 is 0 Å². The van der Waals surface area contributed by atoms with Gasteiger partial charge in [0, 0.05) is 11.6 Å². The summed E-state index contributed by atoms with van der Waals surface area (Å²) < 4.78 is 20.7. The fourth-order valence-electron chi connectivity index (χ4n) is 1.64. The van der Waals surface area contributed by atoms with E-state index in [0.717, 1.165) is 11.8 Å². The average molecular weight is 324 g/mol. The van der Waals surface area contributed by atoms with Gasteiger partial charge in [0.05, 0.1) is 20.8 Å². The predicted octanol–water partition coefficient (Wildman–Crippen LogP) is 2.41. The quantitative estimate of drug-likeness (QED) is 0.567. The van der Waals surface area contributed by atoms with Gasteiger partial charge in [0.15, 0.2) is 0 Å². The van der Waals surface area contributed by atoms with Gasteiger partial charge >= 0.3 is 5.97 Å². The van der Waals surface area contributed by atoms with E-state index in [2.05, 4.69) is 10.2 Å². The van der Waals surface area contributed by atoms with Crippen LogP contribution < -0.4 is 9.47 Å². The minimum atomic E-state index is -0.324. The van der Waals surface area contributed by atoms with Crippen LogP contribution in [0, 0.1) is 0 Å². The molecule has 2 aromatic rings. The lowest BCUT2D eigenvalue weighted by Crippen LogP contribution is -2.06. The second-order valence-corrected chi connectivity index (χ2v) is 4.99. The third-order valence-electron chi connectivity index (χ3n) is 2.62. The van der Waals surface area contributed by atoms with Crippen molar-refractivity contribution in [2.75, 3.05) is 26.6 Å². The van der Waals surface area contributed by atoms with E-state index in [-0.39, 0.29) is 11.7 Å². The second kappa shape index (κ2) is 7.69. The number of carbonyl (C=O) groups is 1. The molecule has 1 heterocycles. The summed E-state index contributed by atoms with van der Waals surface area (Å²) in [6.45, 7) is 2.10. The molecule has 0 atom stereocenters. The van der Waals surface area contributed by atoms with Crippen LogP contribution in [0.3, 0.4) is 0 Å². The Morgan fingerprint density at radius 1 is 1.18 bits per heavy atom. The van der Waals surface area contributed by atoms with Crippen molar-refractivity contribution in [2.24, 2.45) is 0 Å². The maximum Gasteiger partial charge on any atom is 0.316 e. The molecule has 0 aliphatic heterocycles. The first kappa shape index (κ1) is 16.2. The Morgan fingerprint density at radius 3 is 2.45 bits per heavy atom. The normalized spacial score (nSPS) is 10.3. The van der Waals surface area contributed by atoms with Crippen LogP contribution in [0.25, 0.3) is 11.5 Å². The third-order valence-corrected chi connectivity index (χ3v) is 3.42. The zero-order valence-electron chi connectivity index (χ0n) is 12.5. The molecule has 118 valence electrons. The van der Waals surface area contributed by atoms with Crippen LogP contribution in [0.4, 0.5) is 0 Å². The van der Waals surface area contributed by atoms with Crippen molar-refractivity contribution in [3.05, 3.63) is 18.2 Å². The molecule has 0 aliphatic carbocycles. The number of methoxy groups -OCH3 is 2. The molecule has 1 aromatic carbocycles. The molecule has 0 unspecified atom stereocenters. The van der Waals surface area contributed by atoms with Gasteiger partial charge in [-0.2, -0.15) is 0 Å². The van der Waals surface area contributed by atoms with Crippen LogP contribution >= 0.6 is 11.8 Å². The van der Waals surface area contributed by atoms with Gasteiger partial charge in [-0.05, 0) is 19.1 Å². The fourth-order valence-corrected chi connectivity index (χ4v) is 2.20. The molecular formula is C14H16N2O5S. The van der Waals surface area contributed by atoms with Gasteiger partial charge in [-0.25, -0.2) is 0 Å². The predicted molar refractivity (Wildman–Crippen MR) is 80.2 cm³/mol. The molecule has 0 radical (unpaired) electrons. The first-order valence-electron chi connectivity index (χ1n) is 6.51. The number of rotatable bonds is 7. The first-order valence-corrected chi connectivity index (χ1v) is 7.50. The highest BCUT2D eigenvalue weighted by molar-refractivity contribution is 7.99. The number of aromatic nitrogens is 2. The number of nitrogens with zero attached hydrogens (tertiary/aromatic N) is 2. The standard InChI is InChI=1S/C14H16N2O5S/c1-4-20-12(17)8-22-14-16-15-13(21-14)9-5-10(18-2)7-11(6-9)19-3/h5-7H,4,8H2,1-3H3. The highest BCUT2D eigenvalue weighted by atomic mass is 32.2. The summed E-state index contributed by atoms with van der Waals surface area (Å²) >= 11 is 1.13. The average Bonchev–Trinajstić information content (AvgIpc) is 3.01. The van der Waals surface area contributed by atoms with Crippen molar-refractivity contribution in [3.8, 4) is 23.0 Å². The van der Waals surface area contributed by atoms with E-state index >= 15 is 0 Å². The van der Waals surface area contributed by atoms with Gasteiger partial charge in [-0.15, -0.1) is 10.2 Å². The van der Waals surface area contributed by atoms with E-state index in [1.165, 1.54) is 0 Å². The summed E-state index contributed by atoms with van der Waals surface area (Å²) in [6.07, 6.45) is 0. The second-order valence-electron chi connectivity index (χ2n) is 4.07. The van der Waals surface area contributed by atoms with Gasteiger partial charge in [0.25, 0.3) is 5.22 Å². The molecule has 0 saturated heterocycles. The molecule has 1 aromatic heterocycles. The zero-order valence-corrected chi connectivity index (χ0v) is 13.3. The summed E-state index contributed by atoms with van der Waals surface area (Å²) in [7, 11) is 3.12. The van der Waals surface area contributed by atoms with Gasteiger partial charge in [0.1, 0.15) is 17.3 Å². The SMILES string of the molecule is CCOC(=O)CSc1nnc(-c2cc(OC)cc(OC)c2)o1. The minimum absolute atomic E-state index is 0.122. The van der Waals surface area contributed by atoms with Crippen LogP contribution in [0.1, 0.15) is 6.92 Å². The Hall–Kier alpha value is -2.22. The van der Waals surface area contributed by atoms with Crippen molar-refractivity contribution in [3.63, 3.8) is 0 Å². The van der Waals surface area contributed by atoms with Crippen LogP contribution in [-0.4, -0.2) is 42.7 Å². The summed E-state index contributed by atoms with van der Waals surface area (Å²) in [5.41, 5.74) is 0.673. The monoisotopic (exact) mass is 324 g/mol. The van der Waals surface area contributed by atoms with E-state index in [0.29, 0.717) is 34.8 Å².